The molecular weight excluding hydrogens is 208 g/mol. The van der Waals surface area contributed by atoms with Gasteiger partial charge in [-0.1, -0.05) is 27.7 Å². The molecule has 0 heterocycles. The number of rotatable bonds is 5. The van der Waals surface area contributed by atoms with E-state index in [0.717, 1.165) is 12.6 Å². The molecule has 17 heavy (non-hydrogen) atoms. The summed E-state index contributed by atoms with van der Waals surface area (Å²) in [5, 5.41) is 3.30. The first-order valence-corrected chi connectivity index (χ1v) is 7.11. The highest BCUT2D eigenvalue weighted by molar-refractivity contribution is 4.85. The lowest BCUT2D eigenvalue weighted by Gasteiger charge is -2.41. The number of hydrogen-bond acceptors (Lipinski definition) is 2. The molecule has 1 saturated carbocycles. The number of nitrogens with zero attached hydrogens (tertiary/aromatic N) is 1. The molecule has 0 bridgehead atoms. The Balaban J connectivity index is 2.41. The predicted molar refractivity (Wildman–Crippen MR) is 76.4 cm³/mol. The van der Waals surface area contributed by atoms with E-state index in [1.165, 1.54) is 32.2 Å². The summed E-state index contributed by atoms with van der Waals surface area (Å²) in [7, 11) is 4.35. The van der Waals surface area contributed by atoms with Crippen LogP contribution in [0.5, 0.6) is 0 Å². The molecule has 0 atom stereocenters. The van der Waals surface area contributed by atoms with Gasteiger partial charge < -0.3 is 10.2 Å². The molecule has 102 valence electrons. The summed E-state index contributed by atoms with van der Waals surface area (Å²) >= 11 is 0. The third kappa shape index (κ3) is 4.97. The molecule has 0 amide bonds. The van der Waals surface area contributed by atoms with Crippen LogP contribution in [-0.2, 0) is 0 Å². The van der Waals surface area contributed by atoms with Gasteiger partial charge in [0.15, 0.2) is 0 Å². The highest BCUT2D eigenvalue weighted by Crippen LogP contribution is 2.37. The van der Waals surface area contributed by atoms with Crippen LogP contribution in [0.15, 0.2) is 0 Å². The van der Waals surface area contributed by atoms with E-state index in [1.54, 1.807) is 0 Å². The third-order valence-corrected chi connectivity index (χ3v) is 4.26. The molecule has 0 aromatic rings. The Labute approximate surface area is 108 Å². The van der Waals surface area contributed by atoms with Crippen molar-refractivity contribution in [3.05, 3.63) is 0 Å². The van der Waals surface area contributed by atoms with Gasteiger partial charge in [0.05, 0.1) is 0 Å². The van der Waals surface area contributed by atoms with E-state index in [2.05, 4.69) is 45.0 Å². The molecular formula is C15H32N2. The average Bonchev–Trinajstić information content (AvgIpc) is 2.16. The first kappa shape index (κ1) is 15.0. The first-order chi connectivity index (χ1) is 7.76. The van der Waals surface area contributed by atoms with E-state index in [1.807, 2.05) is 7.05 Å². The average molecular weight is 240 g/mol. The Morgan fingerprint density at radius 1 is 1.24 bits per heavy atom. The molecule has 1 rings (SSSR count). The van der Waals surface area contributed by atoms with Crippen LogP contribution >= 0.6 is 0 Å². The fourth-order valence-corrected chi connectivity index (χ4v) is 3.16. The van der Waals surface area contributed by atoms with Crippen LogP contribution in [0.2, 0.25) is 0 Å². The van der Waals surface area contributed by atoms with Gasteiger partial charge in [-0.2, -0.15) is 0 Å². The second-order valence-electron chi connectivity index (χ2n) is 7.51. The van der Waals surface area contributed by atoms with Crippen LogP contribution in [0.25, 0.3) is 0 Å². The van der Waals surface area contributed by atoms with E-state index in [-0.39, 0.29) is 0 Å². The SMILES string of the molecule is CNCC(C)(C)CN(C)C1CCC(C)(C)CC1. The maximum Gasteiger partial charge on any atom is 0.00928 e. The molecule has 0 saturated heterocycles. The van der Waals surface area contributed by atoms with Crippen molar-refractivity contribution in [1.82, 2.24) is 10.2 Å². The fraction of sp³-hybridized carbons (Fsp3) is 1.00. The lowest BCUT2D eigenvalue weighted by Crippen LogP contribution is -2.44. The first-order valence-electron chi connectivity index (χ1n) is 7.11. The van der Waals surface area contributed by atoms with Crippen LogP contribution in [0.3, 0.4) is 0 Å². The summed E-state index contributed by atoms with van der Waals surface area (Å²) in [6.45, 7) is 11.8. The summed E-state index contributed by atoms with van der Waals surface area (Å²) < 4.78 is 0. The van der Waals surface area contributed by atoms with Gasteiger partial charge in [0, 0.05) is 19.1 Å². The van der Waals surface area contributed by atoms with Crippen LogP contribution < -0.4 is 5.32 Å². The summed E-state index contributed by atoms with van der Waals surface area (Å²) in [6.07, 6.45) is 5.52. The summed E-state index contributed by atoms with van der Waals surface area (Å²) in [5.41, 5.74) is 0.953. The predicted octanol–water partition coefficient (Wildman–Crippen LogP) is 3.13. The largest absolute Gasteiger partial charge is 0.319 e. The Morgan fingerprint density at radius 3 is 2.24 bits per heavy atom. The number of nitrogens with one attached hydrogen (secondary N) is 1. The lowest BCUT2D eigenvalue weighted by molar-refractivity contribution is 0.0956. The van der Waals surface area contributed by atoms with Crippen molar-refractivity contribution in [2.75, 3.05) is 27.2 Å². The molecule has 2 heteroatoms. The normalized spacial score (nSPS) is 22.1. The van der Waals surface area contributed by atoms with E-state index in [9.17, 15) is 0 Å². The summed E-state index contributed by atoms with van der Waals surface area (Å²) in [5.74, 6) is 0. The lowest BCUT2D eigenvalue weighted by atomic mass is 9.75. The topological polar surface area (TPSA) is 15.3 Å². The molecule has 0 aromatic heterocycles. The van der Waals surface area contributed by atoms with Crippen LogP contribution in [0.4, 0.5) is 0 Å². The van der Waals surface area contributed by atoms with Crippen LogP contribution in [-0.4, -0.2) is 38.1 Å². The van der Waals surface area contributed by atoms with Crippen molar-refractivity contribution >= 4 is 0 Å². The van der Waals surface area contributed by atoms with Crippen molar-refractivity contribution in [3.63, 3.8) is 0 Å². The Kier molecular flexibility index (Phi) is 5.03. The van der Waals surface area contributed by atoms with Crippen molar-refractivity contribution in [2.24, 2.45) is 10.8 Å². The minimum absolute atomic E-state index is 0.371. The van der Waals surface area contributed by atoms with Crippen molar-refractivity contribution in [1.29, 1.82) is 0 Å². The van der Waals surface area contributed by atoms with Gasteiger partial charge in [0.2, 0.25) is 0 Å². The minimum Gasteiger partial charge on any atom is -0.319 e. The molecule has 0 unspecified atom stereocenters. The van der Waals surface area contributed by atoms with Crippen LogP contribution in [0.1, 0.15) is 53.4 Å². The van der Waals surface area contributed by atoms with E-state index >= 15 is 0 Å². The second kappa shape index (κ2) is 5.71. The summed E-state index contributed by atoms with van der Waals surface area (Å²) in [4.78, 5) is 2.59. The zero-order valence-electron chi connectivity index (χ0n) is 12.8. The Bertz CT molecular complexity index is 223. The standard InChI is InChI=1S/C15H32N2/c1-14(2)9-7-13(8-10-14)17(6)12-15(3,4)11-16-5/h13,16H,7-12H2,1-6H3. The Morgan fingerprint density at radius 2 is 1.76 bits per heavy atom. The van der Waals surface area contributed by atoms with Gasteiger partial charge in [0.1, 0.15) is 0 Å². The summed E-state index contributed by atoms with van der Waals surface area (Å²) in [6, 6.07) is 0.805. The smallest absolute Gasteiger partial charge is 0.00928 e. The van der Waals surface area contributed by atoms with E-state index in [0.29, 0.717) is 10.8 Å². The molecule has 0 aliphatic heterocycles. The molecule has 0 radical (unpaired) electrons. The molecule has 1 N–H and O–H groups in total. The molecule has 2 nitrogen and oxygen atoms in total. The maximum atomic E-state index is 3.30. The minimum atomic E-state index is 0.371. The number of hydrogen-bond donors (Lipinski definition) is 1. The third-order valence-electron chi connectivity index (χ3n) is 4.26. The van der Waals surface area contributed by atoms with E-state index in [4.69, 9.17) is 0 Å². The second-order valence-corrected chi connectivity index (χ2v) is 7.51. The van der Waals surface area contributed by atoms with Gasteiger partial charge in [-0.25, -0.2) is 0 Å². The highest BCUT2D eigenvalue weighted by Gasteiger charge is 2.30. The monoisotopic (exact) mass is 240 g/mol. The highest BCUT2D eigenvalue weighted by atomic mass is 15.1. The quantitative estimate of drug-likeness (QED) is 0.794. The molecule has 1 aliphatic carbocycles. The van der Waals surface area contributed by atoms with Crippen molar-refractivity contribution in [2.45, 2.75) is 59.4 Å². The van der Waals surface area contributed by atoms with Crippen molar-refractivity contribution in [3.8, 4) is 0 Å². The van der Waals surface area contributed by atoms with Gasteiger partial charge in [-0.05, 0) is 50.6 Å². The molecule has 0 spiro atoms. The van der Waals surface area contributed by atoms with Crippen LogP contribution in [0, 0.1) is 10.8 Å². The van der Waals surface area contributed by atoms with Gasteiger partial charge in [-0.3, -0.25) is 0 Å². The zero-order chi connectivity index (χ0) is 13.1. The van der Waals surface area contributed by atoms with Gasteiger partial charge in [-0.15, -0.1) is 0 Å². The van der Waals surface area contributed by atoms with Crippen molar-refractivity contribution < 1.29 is 0 Å². The molecule has 1 aliphatic rings. The van der Waals surface area contributed by atoms with Gasteiger partial charge in [0.25, 0.3) is 0 Å². The fourth-order valence-electron chi connectivity index (χ4n) is 3.16. The molecule has 0 aromatic carbocycles. The Hall–Kier alpha value is -0.0800. The maximum absolute atomic E-state index is 3.30. The van der Waals surface area contributed by atoms with Gasteiger partial charge >= 0.3 is 0 Å². The molecule has 1 fully saturated rings. The zero-order valence-corrected chi connectivity index (χ0v) is 12.8. The van der Waals surface area contributed by atoms with E-state index < -0.39 is 0 Å².